The van der Waals surface area contributed by atoms with Crippen molar-refractivity contribution < 1.29 is 14.0 Å². The maximum Gasteiger partial charge on any atom is 0.291 e. The van der Waals surface area contributed by atoms with Crippen LogP contribution in [-0.4, -0.2) is 38.7 Å². The van der Waals surface area contributed by atoms with E-state index in [0.717, 1.165) is 23.3 Å². The molecule has 0 aliphatic heterocycles. The van der Waals surface area contributed by atoms with Gasteiger partial charge in [0.15, 0.2) is 5.82 Å². The zero-order chi connectivity index (χ0) is 23.5. The van der Waals surface area contributed by atoms with Crippen molar-refractivity contribution in [3.05, 3.63) is 89.3 Å². The average Bonchev–Trinajstić information content (AvgIpc) is 3.31. The Morgan fingerprint density at radius 1 is 1.09 bits per heavy atom. The summed E-state index contributed by atoms with van der Waals surface area (Å²) >= 11 is 1.44. The number of nitrogens with one attached hydrogen (secondary N) is 2. The van der Waals surface area contributed by atoms with E-state index in [1.807, 2.05) is 47.8 Å². The molecule has 1 unspecified atom stereocenters. The first kappa shape index (κ1) is 22.0. The van der Waals surface area contributed by atoms with Crippen LogP contribution < -0.4 is 10.6 Å². The van der Waals surface area contributed by atoms with Gasteiger partial charge < -0.3 is 10.6 Å². The second-order valence-electron chi connectivity index (χ2n) is 8.13. The van der Waals surface area contributed by atoms with Gasteiger partial charge >= 0.3 is 0 Å². The van der Waals surface area contributed by atoms with Crippen molar-refractivity contribution in [2.75, 3.05) is 0 Å². The molecule has 0 radical (unpaired) electrons. The van der Waals surface area contributed by atoms with Crippen LogP contribution in [0, 0.1) is 5.82 Å². The number of rotatable bonds is 8. The maximum atomic E-state index is 13.9. The van der Waals surface area contributed by atoms with Gasteiger partial charge in [-0.2, -0.15) is 0 Å². The third-order valence-electron chi connectivity index (χ3n) is 5.43. The molecule has 0 spiro atoms. The highest BCUT2D eigenvalue weighted by Crippen LogP contribution is 2.26. The normalized spacial score (nSPS) is 13.9. The van der Waals surface area contributed by atoms with E-state index >= 15 is 0 Å². The average molecular weight is 476 g/mol. The molecule has 5 rings (SSSR count). The SMILES string of the molecule is O=C(NC(Cc1ccccc1)C(=O)NC1CC1)c1nc(-c2cccs2)n(-c2cccc(F)c2)n1. The second-order valence-corrected chi connectivity index (χ2v) is 9.07. The summed E-state index contributed by atoms with van der Waals surface area (Å²) in [7, 11) is 0. The third-order valence-corrected chi connectivity index (χ3v) is 6.30. The van der Waals surface area contributed by atoms with E-state index in [4.69, 9.17) is 0 Å². The van der Waals surface area contributed by atoms with Crippen LogP contribution in [0.2, 0.25) is 0 Å². The summed E-state index contributed by atoms with van der Waals surface area (Å²) < 4.78 is 15.3. The summed E-state index contributed by atoms with van der Waals surface area (Å²) in [6.45, 7) is 0. The Hall–Kier alpha value is -3.85. The Labute approximate surface area is 199 Å². The van der Waals surface area contributed by atoms with Crippen molar-refractivity contribution in [2.45, 2.75) is 31.3 Å². The number of carbonyl (C=O) groups is 2. The molecule has 1 fully saturated rings. The highest BCUT2D eigenvalue weighted by atomic mass is 32.1. The van der Waals surface area contributed by atoms with Gasteiger partial charge in [0, 0.05) is 12.5 Å². The van der Waals surface area contributed by atoms with Gasteiger partial charge in [-0.15, -0.1) is 16.4 Å². The van der Waals surface area contributed by atoms with Crippen molar-refractivity contribution in [3.8, 4) is 16.4 Å². The molecule has 0 bridgehead atoms. The minimum Gasteiger partial charge on any atom is -0.352 e. The molecule has 7 nitrogen and oxygen atoms in total. The van der Waals surface area contributed by atoms with Crippen molar-refractivity contribution in [1.29, 1.82) is 0 Å². The van der Waals surface area contributed by atoms with Gasteiger partial charge in [0.05, 0.1) is 10.6 Å². The lowest BCUT2D eigenvalue weighted by atomic mass is 10.1. The zero-order valence-electron chi connectivity index (χ0n) is 18.1. The summed E-state index contributed by atoms with van der Waals surface area (Å²) in [5, 5.41) is 12.0. The van der Waals surface area contributed by atoms with Gasteiger partial charge in [0.25, 0.3) is 5.91 Å². The number of benzene rings is 2. The van der Waals surface area contributed by atoms with E-state index in [9.17, 15) is 14.0 Å². The minimum absolute atomic E-state index is 0.0926. The molecule has 34 heavy (non-hydrogen) atoms. The van der Waals surface area contributed by atoms with Crippen LogP contribution in [0.15, 0.2) is 72.1 Å². The van der Waals surface area contributed by atoms with Gasteiger partial charge in [-0.1, -0.05) is 42.5 Å². The first-order chi connectivity index (χ1) is 16.6. The molecular formula is C25H22FN5O2S. The molecular weight excluding hydrogens is 453 g/mol. The van der Waals surface area contributed by atoms with E-state index in [0.29, 0.717) is 17.9 Å². The number of thiophene rings is 1. The quantitative estimate of drug-likeness (QED) is 0.406. The smallest absolute Gasteiger partial charge is 0.291 e. The Balaban J connectivity index is 1.44. The molecule has 2 amide bonds. The number of carbonyl (C=O) groups excluding carboxylic acids is 2. The molecule has 1 atom stereocenters. The molecule has 1 aliphatic rings. The molecule has 4 aromatic rings. The largest absolute Gasteiger partial charge is 0.352 e. The third kappa shape index (κ3) is 5.04. The predicted molar refractivity (Wildman–Crippen MR) is 127 cm³/mol. The lowest BCUT2D eigenvalue weighted by Gasteiger charge is -2.17. The zero-order valence-corrected chi connectivity index (χ0v) is 19.0. The molecule has 2 aromatic heterocycles. The summed E-state index contributed by atoms with van der Waals surface area (Å²) in [4.78, 5) is 31.3. The fourth-order valence-corrected chi connectivity index (χ4v) is 4.27. The molecule has 0 saturated heterocycles. The van der Waals surface area contributed by atoms with E-state index in [-0.39, 0.29) is 17.8 Å². The predicted octanol–water partition coefficient (Wildman–Crippen LogP) is 3.75. The molecule has 1 aliphatic carbocycles. The number of hydrogen-bond acceptors (Lipinski definition) is 5. The Morgan fingerprint density at radius 2 is 1.91 bits per heavy atom. The fourth-order valence-electron chi connectivity index (χ4n) is 3.57. The van der Waals surface area contributed by atoms with Crippen molar-refractivity contribution in [1.82, 2.24) is 25.4 Å². The van der Waals surface area contributed by atoms with E-state index in [2.05, 4.69) is 20.7 Å². The fraction of sp³-hybridized carbons (Fsp3) is 0.200. The first-order valence-corrected chi connectivity index (χ1v) is 11.9. The number of halogens is 1. The maximum absolute atomic E-state index is 13.9. The lowest BCUT2D eigenvalue weighted by molar-refractivity contribution is -0.123. The highest BCUT2D eigenvalue weighted by Gasteiger charge is 2.30. The van der Waals surface area contributed by atoms with Gasteiger partial charge in [0.2, 0.25) is 11.7 Å². The van der Waals surface area contributed by atoms with Crippen LogP contribution in [0.25, 0.3) is 16.4 Å². The Bertz CT molecular complexity index is 1300. The van der Waals surface area contributed by atoms with Crippen LogP contribution >= 0.6 is 11.3 Å². The van der Waals surface area contributed by atoms with Gasteiger partial charge in [-0.25, -0.2) is 14.1 Å². The van der Waals surface area contributed by atoms with Crippen LogP contribution in [0.5, 0.6) is 0 Å². The topological polar surface area (TPSA) is 88.9 Å². The standard InChI is InChI=1S/C25H22FN5O2S/c26-17-8-4-9-19(15-17)31-23(21-10-5-13-34-21)29-22(30-31)25(33)28-20(24(32)27-18-11-12-18)14-16-6-2-1-3-7-16/h1-10,13,15,18,20H,11-12,14H2,(H,27,32)(H,28,33). The second kappa shape index (κ2) is 9.56. The van der Waals surface area contributed by atoms with Crippen LogP contribution in [0.4, 0.5) is 4.39 Å². The number of nitrogens with zero attached hydrogens (tertiary/aromatic N) is 3. The summed E-state index contributed by atoms with van der Waals surface area (Å²) in [6, 6.07) is 18.5. The number of amides is 2. The van der Waals surface area contributed by atoms with Crippen LogP contribution in [-0.2, 0) is 11.2 Å². The molecule has 9 heteroatoms. The monoisotopic (exact) mass is 475 g/mol. The molecule has 2 N–H and O–H groups in total. The first-order valence-electron chi connectivity index (χ1n) is 11.0. The highest BCUT2D eigenvalue weighted by molar-refractivity contribution is 7.13. The van der Waals surface area contributed by atoms with E-state index < -0.39 is 17.8 Å². The number of aromatic nitrogens is 3. The Kier molecular flexibility index (Phi) is 6.18. The van der Waals surface area contributed by atoms with Gasteiger partial charge in [-0.3, -0.25) is 9.59 Å². The van der Waals surface area contributed by atoms with Crippen molar-refractivity contribution in [2.24, 2.45) is 0 Å². The van der Waals surface area contributed by atoms with Crippen molar-refractivity contribution in [3.63, 3.8) is 0 Å². The van der Waals surface area contributed by atoms with Gasteiger partial charge in [-0.05, 0) is 48.1 Å². The summed E-state index contributed by atoms with van der Waals surface area (Å²) in [6.07, 6.45) is 2.23. The molecule has 1 saturated carbocycles. The molecule has 172 valence electrons. The van der Waals surface area contributed by atoms with Crippen LogP contribution in [0.3, 0.4) is 0 Å². The Morgan fingerprint density at radius 3 is 2.62 bits per heavy atom. The van der Waals surface area contributed by atoms with E-state index in [1.54, 1.807) is 12.1 Å². The minimum atomic E-state index is -0.776. The van der Waals surface area contributed by atoms with Gasteiger partial charge in [0.1, 0.15) is 11.9 Å². The number of hydrogen-bond donors (Lipinski definition) is 2. The van der Waals surface area contributed by atoms with E-state index in [1.165, 1.54) is 28.2 Å². The molecule has 2 aromatic carbocycles. The summed E-state index contributed by atoms with van der Waals surface area (Å²) in [5.41, 5.74) is 1.37. The summed E-state index contributed by atoms with van der Waals surface area (Å²) in [5.74, 6) is -0.892. The van der Waals surface area contributed by atoms with Crippen LogP contribution in [0.1, 0.15) is 29.0 Å². The van der Waals surface area contributed by atoms with Crippen molar-refractivity contribution >= 4 is 23.2 Å². The molecule has 2 heterocycles. The lowest BCUT2D eigenvalue weighted by Crippen LogP contribution is -2.48.